The summed E-state index contributed by atoms with van der Waals surface area (Å²) < 4.78 is 19.3. The van der Waals surface area contributed by atoms with Gasteiger partial charge in [-0.15, -0.1) is 11.3 Å². The van der Waals surface area contributed by atoms with E-state index < -0.39 is 0 Å². The number of rotatable bonds is 8. The summed E-state index contributed by atoms with van der Waals surface area (Å²) in [6, 6.07) is 12.0. The van der Waals surface area contributed by atoms with Crippen molar-refractivity contribution in [2.24, 2.45) is 0 Å². The predicted octanol–water partition coefficient (Wildman–Crippen LogP) is 5.68. The van der Waals surface area contributed by atoms with Crippen molar-refractivity contribution in [3.05, 3.63) is 52.1 Å². The largest absolute Gasteiger partial charge is 0.493 e. The molecule has 196 valence electrons. The fourth-order valence-corrected chi connectivity index (χ4v) is 5.87. The molecule has 5 rings (SSSR count). The van der Waals surface area contributed by atoms with Gasteiger partial charge in [0.2, 0.25) is 0 Å². The molecule has 1 saturated heterocycles. The molecule has 0 radical (unpaired) electrons. The number of nitrogens with one attached hydrogen (secondary N) is 1. The number of halogens is 1. The predicted molar refractivity (Wildman–Crippen MR) is 146 cm³/mol. The molecule has 10 heteroatoms. The standard InChI is InChI=1S/C27H31ClN4O4S/c1-16(2)31-9-7-18(8-10-31)29-27(33)21-11-17-12-22(34-3)23(35-4)14-20(17)32(21)15-19-13-24(36-30-19)25-5-6-26(28)37-25/h5-6,11-14,16,18H,7-10,15H2,1-4H3,(H,29,33). The molecule has 0 saturated carbocycles. The van der Waals surface area contributed by atoms with Crippen LogP contribution in [-0.2, 0) is 6.54 Å². The third kappa shape index (κ3) is 5.35. The Morgan fingerprint density at radius 3 is 2.54 bits per heavy atom. The minimum atomic E-state index is -0.106. The zero-order valence-electron chi connectivity index (χ0n) is 21.4. The molecule has 0 aliphatic carbocycles. The maximum absolute atomic E-state index is 13.6. The van der Waals surface area contributed by atoms with Crippen LogP contribution in [0.15, 0.2) is 40.9 Å². The summed E-state index contributed by atoms with van der Waals surface area (Å²) >= 11 is 7.52. The second-order valence-corrected chi connectivity index (χ2v) is 11.3. The van der Waals surface area contributed by atoms with Crippen LogP contribution in [0.4, 0.5) is 0 Å². The molecule has 3 aromatic heterocycles. The summed E-state index contributed by atoms with van der Waals surface area (Å²) in [7, 11) is 3.20. The first-order valence-corrected chi connectivity index (χ1v) is 13.6. The molecule has 0 spiro atoms. The Kier molecular flexibility index (Phi) is 7.46. The number of nitrogens with zero attached hydrogens (tertiary/aromatic N) is 3. The Balaban J connectivity index is 1.46. The van der Waals surface area contributed by atoms with Crippen molar-refractivity contribution in [3.8, 4) is 22.1 Å². The summed E-state index contributed by atoms with van der Waals surface area (Å²) in [5.41, 5.74) is 2.10. The lowest BCUT2D eigenvalue weighted by Crippen LogP contribution is -2.46. The van der Waals surface area contributed by atoms with E-state index in [0.29, 0.717) is 45.6 Å². The molecular weight excluding hydrogens is 512 g/mol. The number of thiophene rings is 1. The van der Waals surface area contributed by atoms with E-state index in [1.54, 1.807) is 14.2 Å². The molecule has 1 N–H and O–H groups in total. The van der Waals surface area contributed by atoms with E-state index in [2.05, 4.69) is 29.2 Å². The number of hydrogen-bond acceptors (Lipinski definition) is 7. The quantitative estimate of drug-likeness (QED) is 0.308. The van der Waals surface area contributed by atoms with Crippen molar-refractivity contribution in [1.82, 2.24) is 19.9 Å². The molecule has 0 atom stereocenters. The van der Waals surface area contributed by atoms with Gasteiger partial charge in [-0.3, -0.25) is 4.79 Å². The van der Waals surface area contributed by atoms with Crippen molar-refractivity contribution in [3.63, 3.8) is 0 Å². The Morgan fingerprint density at radius 2 is 1.89 bits per heavy atom. The molecule has 4 heterocycles. The highest BCUT2D eigenvalue weighted by Crippen LogP contribution is 2.35. The second kappa shape index (κ2) is 10.8. The van der Waals surface area contributed by atoms with Crippen molar-refractivity contribution in [2.45, 2.75) is 45.3 Å². The molecule has 37 heavy (non-hydrogen) atoms. The molecular formula is C27H31ClN4O4S. The van der Waals surface area contributed by atoms with E-state index >= 15 is 0 Å². The van der Waals surface area contributed by atoms with Crippen molar-refractivity contribution in [1.29, 1.82) is 0 Å². The van der Waals surface area contributed by atoms with Crippen LogP contribution in [0, 0.1) is 0 Å². The normalized spacial score (nSPS) is 15.0. The number of fused-ring (bicyclic) bond motifs is 1. The zero-order valence-corrected chi connectivity index (χ0v) is 23.0. The summed E-state index contributed by atoms with van der Waals surface area (Å²) in [5.74, 6) is 1.74. The molecule has 1 amide bonds. The van der Waals surface area contributed by atoms with E-state index in [0.717, 1.165) is 41.7 Å². The van der Waals surface area contributed by atoms with E-state index in [4.69, 9.17) is 25.6 Å². The second-order valence-electron chi connectivity index (χ2n) is 9.55. The molecule has 0 bridgehead atoms. The topological polar surface area (TPSA) is 81.8 Å². The molecule has 1 aliphatic heterocycles. The number of aromatic nitrogens is 2. The highest BCUT2D eigenvalue weighted by Gasteiger charge is 2.25. The van der Waals surface area contributed by atoms with Crippen molar-refractivity contribution in [2.75, 3.05) is 27.3 Å². The molecule has 8 nitrogen and oxygen atoms in total. The lowest BCUT2D eigenvalue weighted by atomic mass is 10.0. The number of benzene rings is 1. The minimum Gasteiger partial charge on any atom is -0.493 e. The van der Waals surface area contributed by atoms with Crippen LogP contribution in [0.25, 0.3) is 21.5 Å². The number of likely N-dealkylation sites (tertiary alicyclic amines) is 1. The fourth-order valence-electron chi connectivity index (χ4n) is 4.88. The summed E-state index contributed by atoms with van der Waals surface area (Å²) in [6.07, 6.45) is 1.86. The average molecular weight is 543 g/mol. The van der Waals surface area contributed by atoms with Gasteiger partial charge in [0.05, 0.1) is 35.5 Å². The highest BCUT2D eigenvalue weighted by molar-refractivity contribution is 7.19. The molecule has 1 aromatic carbocycles. The molecule has 1 fully saturated rings. The summed E-state index contributed by atoms with van der Waals surface area (Å²) in [4.78, 5) is 16.9. The van der Waals surface area contributed by atoms with Gasteiger partial charge >= 0.3 is 0 Å². The van der Waals surface area contributed by atoms with Crippen LogP contribution in [0.1, 0.15) is 42.9 Å². The maximum Gasteiger partial charge on any atom is 0.268 e. The van der Waals surface area contributed by atoms with Gasteiger partial charge in [-0.05, 0) is 51.0 Å². The highest BCUT2D eigenvalue weighted by atomic mass is 35.5. The molecule has 1 aliphatic rings. The SMILES string of the molecule is COc1cc2cc(C(=O)NC3CCN(C(C)C)CC3)n(Cc3cc(-c4ccc(Cl)s4)on3)c2cc1OC. The number of amides is 1. The maximum atomic E-state index is 13.6. The number of carbonyl (C=O) groups is 1. The van der Waals surface area contributed by atoms with Gasteiger partial charge in [-0.2, -0.15) is 0 Å². The van der Waals surface area contributed by atoms with Crippen LogP contribution in [0.2, 0.25) is 4.34 Å². The monoisotopic (exact) mass is 542 g/mol. The van der Waals surface area contributed by atoms with Crippen LogP contribution in [0.3, 0.4) is 0 Å². The Bertz CT molecular complexity index is 1400. The first kappa shape index (κ1) is 25.6. The van der Waals surface area contributed by atoms with Gasteiger partial charge in [-0.1, -0.05) is 16.8 Å². The average Bonchev–Trinajstić information content (AvgIpc) is 3.62. The fraction of sp³-hybridized carbons (Fsp3) is 0.407. The van der Waals surface area contributed by atoms with Gasteiger partial charge in [0.25, 0.3) is 5.91 Å². The minimum absolute atomic E-state index is 0.106. The Labute approximate surface area is 225 Å². The smallest absolute Gasteiger partial charge is 0.268 e. The summed E-state index contributed by atoms with van der Waals surface area (Å²) in [6.45, 7) is 6.74. The van der Waals surface area contributed by atoms with Gasteiger partial charge in [-0.25, -0.2) is 0 Å². The molecule has 4 aromatic rings. The number of piperidine rings is 1. The zero-order chi connectivity index (χ0) is 26.1. The lowest BCUT2D eigenvalue weighted by Gasteiger charge is -2.34. The van der Waals surface area contributed by atoms with Gasteiger partial charge in [0.15, 0.2) is 17.3 Å². The number of carbonyl (C=O) groups excluding carboxylic acids is 1. The first-order chi connectivity index (χ1) is 17.9. The van der Waals surface area contributed by atoms with E-state index in [-0.39, 0.29) is 11.9 Å². The first-order valence-electron chi connectivity index (χ1n) is 12.4. The third-order valence-corrected chi connectivity index (χ3v) is 8.18. The lowest BCUT2D eigenvalue weighted by molar-refractivity contribution is 0.0892. The number of ether oxygens (including phenoxy) is 2. The van der Waals surface area contributed by atoms with Gasteiger partial charge in [0.1, 0.15) is 11.4 Å². The van der Waals surface area contributed by atoms with Crippen LogP contribution >= 0.6 is 22.9 Å². The van der Waals surface area contributed by atoms with E-state index in [1.807, 2.05) is 41.0 Å². The van der Waals surface area contributed by atoms with E-state index in [1.165, 1.54) is 11.3 Å². The number of hydrogen-bond donors (Lipinski definition) is 1. The Morgan fingerprint density at radius 1 is 1.16 bits per heavy atom. The third-order valence-electron chi connectivity index (χ3n) is 6.93. The van der Waals surface area contributed by atoms with Gasteiger partial charge in [0, 0.05) is 42.7 Å². The van der Waals surface area contributed by atoms with Crippen molar-refractivity contribution >= 4 is 39.7 Å². The van der Waals surface area contributed by atoms with Crippen molar-refractivity contribution < 1.29 is 18.8 Å². The number of methoxy groups -OCH3 is 2. The van der Waals surface area contributed by atoms with Crippen LogP contribution in [-0.4, -0.2) is 59.9 Å². The van der Waals surface area contributed by atoms with Crippen LogP contribution < -0.4 is 14.8 Å². The Hall–Kier alpha value is -3.01. The summed E-state index contributed by atoms with van der Waals surface area (Å²) in [5, 5.41) is 8.42. The van der Waals surface area contributed by atoms with Crippen LogP contribution in [0.5, 0.6) is 11.5 Å². The van der Waals surface area contributed by atoms with E-state index in [9.17, 15) is 4.79 Å². The molecule has 0 unspecified atom stereocenters. The van der Waals surface area contributed by atoms with Gasteiger partial charge < -0.3 is 28.8 Å².